The topological polar surface area (TPSA) is 94.8 Å². The zero-order valence-corrected chi connectivity index (χ0v) is 19.3. The molecule has 158 valence electrons. The van der Waals surface area contributed by atoms with Crippen molar-refractivity contribution in [1.82, 2.24) is 4.57 Å². The molecule has 0 aliphatic heterocycles. The van der Waals surface area contributed by atoms with Crippen LogP contribution >= 0.6 is 27.3 Å². The Morgan fingerprint density at radius 1 is 1.17 bits per heavy atom. The van der Waals surface area contributed by atoms with Crippen LogP contribution in [0, 0.1) is 0 Å². The summed E-state index contributed by atoms with van der Waals surface area (Å²) in [5, 5.41) is 0. The van der Waals surface area contributed by atoms with Crippen molar-refractivity contribution in [1.29, 1.82) is 0 Å². The number of carbonyl (C=O) groups excluding carboxylic acids is 2. The molecule has 3 aromatic rings. The Hall–Kier alpha value is -2.30. The van der Waals surface area contributed by atoms with Crippen LogP contribution in [-0.4, -0.2) is 37.2 Å². The van der Waals surface area contributed by atoms with Crippen LogP contribution in [0.4, 0.5) is 0 Å². The van der Waals surface area contributed by atoms with Gasteiger partial charge in [-0.3, -0.25) is 9.59 Å². The maximum Gasteiger partial charge on any atom is 0.326 e. The smallest absolute Gasteiger partial charge is 0.326 e. The van der Waals surface area contributed by atoms with Crippen LogP contribution in [0.15, 0.2) is 58.0 Å². The first-order chi connectivity index (χ1) is 14.3. The predicted molar refractivity (Wildman–Crippen MR) is 119 cm³/mol. The maximum atomic E-state index is 12.4. The second-order valence-corrected chi connectivity index (χ2v) is 10.4. The zero-order chi connectivity index (χ0) is 21.7. The molecule has 0 radical (unpaired) electrons. The van der Waals surface area contributed by atoms with E-state index in [1.165, 1.54) is 11.3 Å². The van der Waals surface area contributed by atoms with Gasteiger partial charge in [-0.25, -0.2) is 8.42 Å². The van der Waals surface area contributed by atoms with Gasteiger partial charge in [0, 0.05) is 4.47 Å². The molecule has 2 aromatic carbocycles. The van der Waals surface area contributed by atoms with Crippen LogP contribution in [0.25, 0.3) is 10.2 Å². The largest absolute Gasteiger partial charge is 0.465 e. The Morgan fingerprint density at radius 2 is 1.90 bits per heavy atom. The summed E-state index contributed by atoms with van der Waals surface area (Å²) in [6, 6.07) is 14.1. The molecule has 0 aliphatic rings. The van der Waals surface area contributed by atoms with E-state index in [4.69, 9.17) is 4.74 Å². The summed E-state index contributed by atoms with van der Waals surface area (Å²) in [6.45, 7) is 1.81. The fourth-order valence-electron chi connectivity index (χ4n) is 2.83. The van der Waals surface area contributed by atoms with E-state index in [0.717, 1.165) is 9.17 Å². The van der Waals surface area contributed by atoms with Crippen LogP contribution in [0.3, 0.4) is 0 Å². The molecule has 0 saturated heterocycles. The van der Waals surface area contributed by atoms with Crippen molar-refractivity contribution in [2.45, 2.75) is 19.2 Å². The summed E-state index contributed by atoms with van der Waals surface area (Å²) in [7, 11) is -3.68. The van der Waals surface area contributed by atoms with Gasteiger partial charge in [-0.1, -0.05) is 57.6 Å². The van der Waals surface area contributed by atoms with E-state index in [1.54, 1.807) is 47.9 Å². The van der Waals surface area contributed by atoms with Gasteiger partial charge in [0.1, 0.15) is 12.3 Å². The standard InChI is InChI=1S/C20H19BrN2O5S2/c1-2-28-19(25)11-23-16-9-8-15(21)10-17(16)29-20(23)22-18(24)13-30(26,27)12-14-6-4-3-5-7-14/h3-10H,2,11-13H2,1H3. The lowest BCUT2D eigenvalue weighted by atomic mass is 10.2. The molecule has 0 atom stereocenters. The number of nitrogens with zero attached hydrogens (tertiary/aromatic N) is 2. The summed E-state index contributed by atoms with van der Waals surface area (Å²) < 4.78 is 33.0. The summed E-state index contributed by atoms with van der Waals surface area (Å²) >= 11 is 4.59. The number of benzene rings is 2. The number of ether oxygens (including phenoxy) is 1. The number of halogens is 1. The first kappa shape index (κ1) is 22.4. The highest BCUT2D eigenvalue weighted by atomic mass is 79.9. The monoisotopic (exact) mass is 510 g/mol. The third-order valence-corrected chi connectivity index (χ3v) is 7.02. The highest BCUT2D eigenvalue weighted by Gasteiger charge is 2.18. The highest BCUT2D eigenvalue weighted by molar-refractivity contribution is 9.10. The van der Waals surface area contributed by atoms with Crippen molar-refractivity contribution in [3.63, 3.8) is 0 Å². The minimum atomic E-state index is -3.68. The van der Waals surface area contributed by atoms with Gasteiger partial charge in [-0.15, -0.1) is 0 Å². The van der Waals surface area contributed by atoms with E-state index in [-0.39, 0.29) is 23.7 Å². The van der Waals surface area contributed by atoms with Crippen molar-refractivity contribution in [2.24, 2.45) is 4.99 Å². The lowest BCUT2D eigenvalue weighted by molar-refractivity contribution is -0.143. The average molecular weight is 511 g/mol. The molecule has 30 heavy (non-hydrogen) atoms. The second-order valence-electron chi connectivity index (χ2n) is 6.41. The van der Waals surface area contributed by atoms with Gasteiger partial charge >= 0.3 is 5.97 Å². The number of thiazole rings is 1. The minimum absolute atomic E-state index is 0.127. The summed E-state index contributed by atoms with van der Waals surface area (Å²) in [6.07, 6.45) is 0. The number of sulfone groups is 1. The van der Waals surface area contributed by atoms with E-state index in [1.807, 2.05) is 12.1 Å². The fourth-order valence-corrected chi connectivity index (χ4v) is 5.67. The van der Waals surface area contributed by atoms with Crippen LogP contribution < -0.4 is 4.80 Å². The predicted octanol–water partition coefficient (Wildman–Crippen LogP) is 3.07. The van der Waals surface area contributed by atoms with Crippen molar-refractivity contribution in [3.8, 4) is 0 Å². The average Bonchev–Trinajstić information content (AvgIpc) is 2.97. The van der Waals surface area contributed by atoms with Gasteiger partial charge in [-0.05, 0) is 30.7 Å². The Kier molecular flexibility index (Phi) is 7.22. The third kappa shape index (κ3) is 5.87. The van der Waals surface area contributed by atoms with Crippen LogP contribution in [0.5, 0.6) is 0 Å². The number of hydrogen-bond acceptors (Lipinski definition) is 6. The molecule has 1 aromatic heterocycles. The van der Waals surface area contributed by atoms with E-state index < -0.39 is 27.5 Å². The molecule has 0 N–H and O–H groups in total. The molecule has 10 heteroatoms. The quantitative estimate of drug-likeness (QED) is 0.455. The van der Waals surface area contributed by atoms with Crippen LogP contribution in [0.1, 0.15) is 12.5 Å². The fraction of sp³-hybridized carbons (Fsp3) is 0.250. The third-order valence-electron chi connectivity index (χ3n) is 4.03. The normalized spacial score (nSPS) is 12.3. The Morgan fingerprint density at radius 3 is 2.60 bits per heavy atom. The first-order valence-corrected chi connectivity index (χ1v) is 12.5. The van der Waals surface area contributed by atoms with Crippen LogP contribution in [0.2, 0.25) is 0 Å². The zero-order valence-electron chi connectivity index (χ0n) is 16.1. The van der Waals surface area contributed by atoms with Gasteiger partial charge in [0.2, 0.25) is 0 Å². The van der Waals surface area contributed by atoms with Crippen LogP contribution in [-0.2, 0) is 36.5 Å². The highest BCUT2D eigenvalue weighted by Crippen LogP contribution is 2.22. The molecule has 0 aliphatic carbocycles. The number of esters is 1. The number of hydrogen-bond donors (Lipinski definition) is 0. The molecule has 3 rings (SSSR count). The Bertz CT molecular complexity index is 1250. The lowest BCUT2D eigenvalue weighted by Crippen LogP contribution is -2.25. The first-order valence-electron chi connectivity index (χ1n) is 9.04. The number of rotatable bonds is 7. The molecular weight excluding hydrogens is 492 g/mol. The Labute approximate surface area is 186 Å². The molecule has 7 nitrogen and oxygen atoms in total. The van der Waals surface area contributed by atoms with Crippen molar-refractivity contribution < 1.29 is 22.7 Å². The summed E-state index contributed by atoms with van der Waals surface area (Å²) in [5.41, 5.74) is 1.31. The van der Waals surface area contributed by atoms with Gasteiger partial charge in [-0.2, -0.15) is 4.99 Å². The van der Waals surface area contributed by atoms with E-state index in [9.17, 15) is 18.0 Å². The number of amides is 1. The van der Waals surface area contributed by atoms with Gasteiger partial charge < -0.3 is 9.30 Å². The van der Waals surface area contributed by atoms with Gasteiger partial charge in [0.25, 0.3) is 5.91 Å². The van der Waals surface area contributed by atoms with Crippen molar-refractivity contribution in [2.75, 3.05) is 12.4 Å². The van der Waals surface area contributed by atoms with Gasteiger partial charge in [0.05, 0.1) is 22.6 Å². The molecule has 0 spiro atoms. The summed E-state index contributed by atoms with van der Waals surface area (Å²) in [4.78, 5) is 28.7. The molecule has 0 fully saturated rings. The number of carbonyl (C=O) groups is 2. The Balaban J connectivity index is 1.92. The molecule has 1 amide bonds. The summed E-state index contributed by atoms with van der Waals surface area (Å²) in [5.74, 6) is -2.20. The van der Waals surface area contributed by atoms with E-state index >= 15 is 0 Å². The van der Waals surface area contributed by atoms with E-state index in [0.29, 0.717) is 11.1 Å². The minimum Gasteiger partial charge on any atom is -0.465 e. The second kappa shape index (κ2) is 9.67. The van der Waals surface area contributed by atoms with Crippen molar-refractivity contribution >= 4 is 59.2 Å². The van der Waals surface area contributed by atoms with E-state index in [2.05, 4.69) is 20.9 Å². The molecule has 1 heterocycles. The number of aromatic nitrogens is 1. The molecule has 0 unspecified atom stereocenters. The molecule has 0 bridgehead atoms. The lowest BCUT2D eigenvalue weighted by Gasteiger charge is -2.05. The maximum absolute atomic E-state index is 12.4. The molecule has 0 saturated carbocycles. The van der Waals surface area contributed by atoms with Crippen molar-refractivity contribution in [3.05, 3.63) is 63.4 Å². The number of fused-ring (bicyclic) bond motifs is 1. The van der Waals surface area contributed by atoms with Gasteiger partial charge in [0.15, 0.2) is 14.6 Å². The SMILES string of the molecule is CCOC(=O)Cn1c(=NC(=O)CS(=O)(=O)Cc2ccccc2)sc2cc(Br)ccc21. The molecular formula is C20H19BrN2O5S2.